The third-order valence-electron chi connectivity index (χ3n) is 6.90. The van der Waals surface area contributed by atoms with Crippen LogP contribution in [-0.4, -0.2) is 49.5 Å². The van der Waals surface area contributed by atoms with Gasteiger partial charge in [-0.1, -0.05) is 77.8 Å². The first-order chi connectivity index (χ1) is 19.7. The first-order valence-corrected chi connectivity index (χ1v) is 16.3. The van der Waals surface area contributed by atoms with Crippen LogP contribution in [0.1, 0.15) is 55.9 Å². The Balaban J connectivity index is 1.92. The smallest absolute Gasteiger partial charge is 0.243 e. The zero-order chi connectivity index (χ0) is 31.1. The van der Waals surface area contributed by atoms with Crippen molar-refractivity contribution < 1.29 is 18.0 Å². The maximum atomic E-state index is 14.0. The molecule has 0 heterocycles. The van der Waals surface area contributed by atoms with Crippen molar-refractivity contribution in [2.24, 2.45) is 0 Å². The zero-order valence-corrected chi connectivity index (χ0v) is 26.9. The van der Waals surface area contributed by atoms with Crippen molar-refractivity contribution >= 4 is 39.1 Å². The number of nitrogens with one attached hydrogen (secondary N) is 1. The number of aryl methyl sites for hydroxylation is 1. The van der Waals surface area contributed by atoms with Gasteiger partial charge in [0.1, 0.15) is 6.04 Å². The number of amides is 2. The van der Waals surface area contributed by atoms with Crippen LogP contribution in [0.5, 0.6) is 0 Å². The molecule has 0 fully saturated rings. The SMILES string of the molecule is Cc1ccc(CN(C(=O)CCCN(c2cccc(Cl)c2C)S(C)(=O)=O)C(Cc2ccccc2)C(=O)NC(C)(C)C)cc1. The summed E-state index contributed by atoms with van der Waals surface area (Å²) in [5.74, 6) is -0.462. The van der Waals surface area contributed by atoms with Gasteiger partial charge in [-0.15, -0.1) is 0 Å². The van der Waals surface area contributed by atoms with Crippen molar-refractivity contribution in [2.75, 3.05) is 17.1 Å². The van der Waals surface area contributed by atoms with E-state index in [1.165, 1.54) is 4.31 Å². The molecule has 226 valence electrons. The average Bonchev–Trinajstić information content (AvgIpc) is 2.90. The second-order valence-corrected chi connectivity index (χ2v) is 14.1. The minimum atomic E-state index is -3.63. The number of rotatable bonds is 12. The normalized spacial score (nSPS) is 12.5. The fourth-order valence-electron chi connectivity index (χ4n) is 4.75. The van der Waals surface area contributed by atoms with Gasteiger partial charge in [0.2, 0.25) is 21.8 Å². The van der Waals surface area contributed by atoms with Crippen molar-refractivity contribution in [1.82, 2.24) is 10.2 Å². The molecule has 3 aromatic rings. The lowest BCUT2D eigenvalue weighted by molar-refractivity contribution is -0.142. The molecule has 42 heavy (non-hydrogen) atoms. The van der Waals surface area contributed by atoms with Crippen LogP contribution in [0.25, 0.3) is 0 Å². The highest BCUT2D eigenvalue weighted by Gasteiger charge is 2.32. The molecule has 0 aliphatic rings. The van der Waals surface area contributed by atoms with E-state index in [1.807, 2.05) is 82.3 Å². The topological polar surface area (TPSA) is 86.8 Å². The second-order valence-electron chi connectivity index (χ2n) is 11.8. The summed E-state index contributed by atoms with van der Waals surface area (Å²) in [6, 6.07) is 21.9. The van der Waals surface area contributed by atoms with Gasteiger partial charge in [-0.25, -0.2) is 8.42 Å². The van der Waals surface area contributed by atoms with Crippen LogP contribution in [0.3, 0.4) is 0 Å². The summed E-state index contributed by atoms with van der Waals surface area (Å²) in [6.45, 7) is 9.85. The minimum absolute atomic E-state index is 0.0611. The Kier molecular flexibility index (Phi) is 11.2. The van der Waals surface area contributed by atoms with E-state index in [4.69, 9.17) is 11.6 Å². The van der Waals surface area contributed by atoms with Gasteiger partial charge in [0.25, 0.3) is 0 Å². The molecular formula is C33H42ClN3O4S. The number of halogens is 1. The number of nitrogens with zero attached hydrogens (tertiary/aromatic N) is 2. The van der Waals surface area contributed by atoms with E-state index >= 15 is 0 Å². The summed E-state index contributed by atoms with van der Waals surface area (Å²) in [4.78, 5) is 29.3. The van der Waals surface area contributed by atoms with Crippen LogP contribution in [0, 0.1) is 13.8 Å². The van der Waals surface area contributed by atoms with Crippen LogP contribution < -0.4 is 9.62 Å². The molecule has 7 nitrogen and oxygen atoms in total. The maximum Gasteiger partial charge on any atom is 0.243 e. The van der Waals surface area contributed by atoms with Crippen molar-refractivity contribution in [2.45, 2.75) is 72.0 Å². The van der Waals surface area contributed by atoms with Crippen LogP contribution in [0.4, 0.5) is 5.69 Å². The Bertz CT molecular complexity index is 1470. The number of hydrogen-bond acceptors (Lipinski definition) is 4. The van der Waals surface area contributed by atoms with Crippen molar-refractivity contribution in [3.05, 3.63) is 100 Å². The molecule has 0 saturated carbocycles. The highest BCUT2D eigenvalue weighted by atomic mass is 35.5. The van der Waals surface area contributed by atoms with E-state index < -0.39 is 21.6 Å². The number of carbonyl (C=O) groups is 2. The lowest BCUT2D eigenvalue weighted by atomic mass is 10.00. The maximum absolute atomic E-state index is 14.0. The van der Waals surface area contributed by atoms with Crippen LogP contribution in [0.2, 0.25) is 5.02 Å². The van der Waals surface area contributed by atoms with Gasteiger partial charge in [-0.05, 0) is 69.9 Å². The monoisotopic (exact) mass is 611 g/mol. The molecule has 0 spiro atoms. The Morgan fingerprint density at radius 3 is 2.14 bits per heavy atom. The van der Waals surface area contributed by atoms with Crippen LogP contribution >= 0.6 is 11.6 Å². The molecule has 0 aliphatic heterocycles. The van der Waals surface area contributed by atoms with Gasteiger partial charge in [0.05, 0.1) is 11.9 Å². The third kappa shape index (κ3) is 9.60. The summed E-state index contributed by atoms with van der Waals surface area (Å²) in [5.41, 5.74) is 3.59. The fraction of sp³-hybridized carbons (Fsp3) is 0.394. The number of carbonyl (C=O) groups excluding carboxylic acids is 2. The molecular weight excluding hydrogens is 570 g/mol. The lowest BCUT2D eigenvalue weighted by Crippen LogP contribution is -2.54. The quantitative estimate of drug-likeness (QED) is 0.270. The van der Waals surface area contributed by atoms with E-state index in [-0.39, 0.29) is 37.7 Å². The number of anilines is 1. The largest absolute Gasteiger partial charge is 0.350 e. The van der Waals surface area contributed by atoms with E-state index in [2.05, 4.69) is 5.32 Å². The van der Waals surface area contributed by atoms with E-state index in [9.17, 15) is 18.0 Å². The van der Waals surface area contributed by atoms with Gasteiger partial charge >= 0.3 is 0 Å². The Hall–Kier alpha value is -3.36. The van der Waals surface area contributed by atoms with Gasteiger partial charge in [-0.3, -0.25) is 13.9 Å². The number of sulfonamides is 1. The molecule has 1 atom stereocenters. The minimum Gasteiger partial charge on any atom is -0.350 e. The van der Waals surface area contributed by atoms with Crippen molar-refractivity contribution in [1.29, 1.82) is 0 Å². The second kappa shape index (κ2) is 14.2. The Labute approximate surface area is 255 Å². The molecule has 0 aromatic heterocycles. The van der Waals surface area contributed by atoms with Gasteiger partial charge in [-0.2, -0.15) is 0 Å². The molecule has 0 aliphatic carbocycles. The van der Waals surface area contributed by atoms with Gasteiger partial charge in [0, 0.05) is 36.5 Å². The Morgan fingerprint density at radius 2 is 1.55 bits per heavy atom. The summed E-state index contributed by atoms with van der Waals surface area (Å²) >= 11 is 6.28. The average molecular weight is 612 g/mol. The molecule has 3 rings (SSSR count). The molecule has 0 bridgehead atoms. The van der Waals surface area contributed by atoms with Crippen LogP contribution in [-0.2, 0) is 32.6 Å². The summed E-state index contributed by atoms with van der Waals surface area (Å²) in [6.07, 6.45) is 1.82. The van der Waals surface area contributed by atoms with E-state index in [0.717, 1.165) is 22.9 Å². The van der Waals surface area contributed by atoms with E-state index in [1.54, 1.807) is 30.0 Å². The van der Waals surface area contributed by atoms with Gasteiger partial charge < -0.3 is 10.2 Å². The van der Waals surface area contributed by atoms with E-state index in [0.29, 0.717) is 22.7 Å². The zero-order valence-electron chi connectivity index (χ0n) is 25.4. The Morgan fingerprint density at radius 1 is 0.905 bits per heavy atom. The molecule has 1 unspecified atom stereocenters. The molecule has 3 aromatic carbocycles. The first kappa shape index (κ1) is 33.1. The summed E-state index contributed by atoms with van der Waals surface area (Å²) < 4.78 is 26.8. The third-order valence-corrected chi connectivity index (χ3v) is 8.49. The molecule has 2 amide bonds. The number of hydrogen-bond donors (Lipinski definition) is 1. The highest BCUT2D eigenvalue weighted by molar-refractivity contribution is 7.92. The lowest BCUT2D eigenvalue weighted by Gasteiger charge is -2.34. The summed E-state index contributed by atoms with van der Waals surface area (Å²) in [7, 11) is -3.63. The van der Waals surface area contributed by atoms with Crippen LogP contribution in [0.15, 0.2) is 72.8 Å². The van der Waals surface area contributed by atoms with Gasteiger partial charge in [0.15, 0.2) is 0 Å². The highest BCUT2D eigenvalue weighted by Crippen LogP contribution is 2.28. The molecule has 1 N–H and O–H groups in total. The molecule has 0 saturated heterocycles. The predicted molar refractivity (Wildman–Crippen MR) is 171 cm³/mol. The molecule has 0 radical (unpaired) electrons. The van der Waals surface area contributed by atoms with Crippen molar-refractivity contribution in [3.8, 4) is 0 Å². The first-order valence-electron chi connectivity index (χ1n) is 14.1. The summed E-state index contributed by atoms with van der Waals surface area (Å²) in [5, 5.41) is 3.53. The predicted octanol–water partition coefficient (Wildman–Crippen LogP) is 6.06. The van der Waals surface area contributed by atoms with Crippen molar-refractivity contribution in [3.63, 3.8) is 0 Å². The molecule has 9 heteroatoms. The standard InChI is InChI=1S/C33H42ClN3O4S/c1-24-17-19-27(20-18-24)23-36(30(32(39)35-33(3,4)5)22-26-12-8-7-9-13-26)31(38)16-11-21-37(42(6,40)41)29-15-10-14-28(34)25(29)2/h7-10,12-15,17-20,30H,11,16,21-23H2,1-6H3,(H,35,39). The fourth-order valence-corrected chi connectivity index (χ4v) is 5.93. The number of benzene rings is 3.